The van der Waals surface area contributed by atoms with Crippen LogP contribution in [0.1, 0.15) is 10.4 Å². The number of aromatic hydroxyl groups is 1. The van der Waals surface area contributed by atoms with Crippen molar-refractivity contribution in [2.45, 2.75) is 12.8 Å². The van der Waals surface area contributed by atoms with Gasteiger partial charge in [-0.25, -0.2) is 0 Å². The van der Waals surface area contributed by atoms with E-state index in [2.05, 4.69) is 20.5 Å². The van der Waals surface area contributed by atoms with Crippen molar-refractivity contribution in [2.24, 2.45) is 10.2 Å². The molecule has 0 fully saturated rings. The molecule has 1 heterocycles. The molecule has 0 radical (unpaired) electrons. The summed E-state index contributed by atoms with van der Waals surface area (Å²) in [7, 11) is 0. The minimum atomic E-state index is -0.325. The second-order valence-corrected chi connectivity index (χ2v) is 7.76. The summed E-state index contributed by atoms with van der Waals surface area (Å²) in [6.07, 6.45) is 4.13. The molecule has 0 aliphatic rings. The number of rotatable bonds is 7. The van der Waals surface area contributed by atoms with Gasteiger partial charge in [-0.2, -0.15) is 10.1 Å². The van der Waals surface area contributed by atoms with Crippen molar-refractivity contribution in [1.82, 2.24) is 4.98 Å². The molecule has 0 bridgehead atoms. The Labute approximate surface area is 181 Å². The Bertz CT molecular complexity index is 1050. The third-order valence-corrected chi connectivity index (χ3v) is 5.37. The number of amides is 1. The highest BCUT2D eigenvalue weighted by Gasteiger charge is 2.14. The van der Waals surface area contributed by atoms with Crippen LogP contribution in [0.2, 0.25) is 10.0 Å². The minimum absolute atomic E-state index is 0.0525. The number of benzene rings is 2. The molecule has 1 aromatic heterocycles. The molecule has 3 rings (SSSR count). The highest BCUT2D eigenvalue weighted by atomic mass is 35.5. The highest BCUT2D eigenvalue weighted by molar-refractivity contribution is 7.15. The smallest absolute Gasteiger partial charge is 0.233 e. The predicted octanol–water partition coefficient (Wildman–Crippen LogP) is 6.18. The second-order valence-electron chi connectivity index (χ2n) is 5.89. The zero-order valence-corrected chi connectivity index (χ0v) is 17.4. The number of hydrogen-bond donors (Lipinski definition) is 2. The molecular formula is C20H16Cl2N4O2S. The van der Waals surface area contributed by atoms with Crippen LogP contribution in [0.4, 0.5) is 10.8 Å². The minimum Gasteiger partial charge on any atom is -0.492 e. The van der Waals surface area contributed by atoms with Gasteiger partial charge in [0, 0.05) is 11.9 Å². The van der Waals surface area contributed by atoms with Crippen LogP contribution in [0.25, 0.3) is 0 Å². The van der Waals surface area contributed by atoms with Gasteiger partial charge in [0.15, 0.2) is 0 Å². The van der Waals surface area contributed by atoms with Crippen LogP contribution in [0, 0.1) is 0 Å². The van der Waals surface area contributed by atoms with Gasteiger partial charge in [-0.05, 0) is 30.2 Å². The summed E-state index contributed by atoms with van der Waals surface area (Å²) in [6.45, 7) is 0. The molecule has 6 nitrogen and oxygen atoms in total. The molecule has 2 aromatic carbocycles. The van der Waals surface area contributed by atoms with E-state index in [-0.39, 0.29) is 23.3 Å². The Morgan fingerprint density at radius 2 is 1.97 bits per heavy atom. The summed E-state index contributed by atoms with van der Waals surface area (Å²) in [5, 5.41) is 21.5. The zero-order valence-electron chi connectivity index (χ0n) is 15.0. The van der Waals surface area contributed by atoms with Gasteiger partial charge in [0.25, 0.3) is 0 Å². The number of carbonyl (C=O) groups excluding carboxylic acids is 1. The molecule has 9 heteroatoms. The van der Waals surface area contributed by atoms with Gasteiger partial charge < -0.3 is 10.4 Å². The number of hydrogen-bond acceptors (Lipinski definition) is 6. The van der Waals surface area contributed by atoms with Crippen LogP contribution >= 0.6 is 34.5 Å². The van der Waals surface area contributed by atoms with Gasteiger partial charge >= 0.3 is 0 Å². The maximum Gasteiger partial charge on any atom is 0.233 e. The molecule has 0 saturated carbocycles. The lowest BCUT2D eigenvalue weighted by molar-refractivity contribution is -0.115. The fourth-order valence-electron chi connectivity index (χ4n) is 2.35. The van der Waals surface area contributed by atoms with E-state index >= 15 is 0 Å². The van der Waals surface area contributed by atoms with Gasteiger partial charge in [0.05, 0.1) is 21.3 Å². The van der Waals surface area contributed by atoms with Crippen molar-refractivity contribution in [3.05, 3.63) is 81.3 Å². The lowest BCUT2D eigenvalue weighted by atomic mass is 10.1. The van der Waals surface area contributed by atoms with E-state index < -0.39 is 0 Å². The van der Waals surface area contributed by atoms with Crippen LogP contribution in [-0.4, -0.2) is 16.0 Å². The van der Waals surface area contributed by atoms with E-state index in [9.17, 15) is 9.90 Å². The third-order valence-electron chi connectivity index (χ3n) is 3.70. The van der Waals surface area contributed by atoms with E-state index in [0.717, 1.165) is 17.8 Å². The molecule has 29 heavy (non-hydrogen) atoms. The van der Waals surface area contributed by atoms with Crippen molar-refractivity contribution in [3.8, 4) is 5.88 Å². The summed E-state index contributed by atoms with van der Waals surface area (Å²) in [5.74, 6) is -0.560. The molecule has 0 atom stereocenters. The number of azo groups is 1. The molecule has 1 amide bonds. The average Bonchev–Trinajstić information content (AvgIpc) is 3.04. The van der Waals surface area contributed by atoms with Crippen molar-refractivity contribution >= 4 is 51.3 Å². The Kier molecular flexibility index (Phi) is 7.35. The number of aromatic nitrogens is 1. The number of nitrogens with one attached hydrogen (secondary N) is 1. The van der Waals surface area contributed by atoms with Crippen LogP contribution in [0.5, 0.6) is 5.88 Å². The Hall–Kier alpha value is -2.74. The van der Waals surface area contributed by atoms with E-state index in [1.165, 1.54) is 5.56 Å². The normalized spacial score (nSPS) is 11.4. The fraction of sp³-hybridized carbons (Fsp3) is 0.100. The topological polar surface area (TPSA) is 86.9 Å². The first-order valence-electron chi connectivity index (χ1n) is 8.54. The largest absolute Gasteiger partial charge is 0.492 e. The Morgan fingerprint density at radius 3 is 2.72 bits per heavy atom. The van der Waals surface area contributed by atoms with E-state index in [1.54, 1.807) is 24.4 Å². The molecular weight excluding hydrogens is 431 g/mol. The summed E-state index contributed by atoms with van der Waals surface area (Å²) >= 11 is 12.9. The molecule has 0 saturated heterocycles. The molecule has 0 unspecified atom stereocenters. The first-order chi connectivity index (χ1) is 14.0. The Morgan fingerprint density at radius 1 is 1.17 bits per heavy atom. The number of nitrogens with zero attached hydrogens (tertiary/aromatic N) is 3. The number of thiazole rings is 1. The number of allylic oxidation sites excluding steroid dienone is 1. The number of anilines is 1. The summed E-state index contributed by atoms with van der Waals surface area (Å²) in [4.78, 5) is 16.5. The molecule has 3 aromatic rings. The monoisotopic (exact) mass is 446 g/mol. The number of carbonyl (C=O) groups is 1. The molecule has 0 aliphatic heterocycles. The van der Waals surface area contributed by atoms with Crippen molar-refractivity contribution < 1.29 is 9.90 Å². The van der Waals surface area contributed by atoms with Gasteiger partial charge in [-0.1, -0.05) is 70.9 Å². The van der Waals surface area contributed by atoms with Gasteiger partial charge in [0.1, 0.15) is 0 Å². The van der Waals surface area contributed by atoms with E-state index in [1.807, 2.05) is 36.4 Å². The van der Waals surface area contributed by atoms with E-state index in [0.29, 0.717) is 20.6 Å². The SMILES string of the molecule is O=C(Cc1sc(N=N/C=C/Cc2ccccc2)nc1O)Nc1ccc(Cl)c(Cl)c1. The molecule has 2 N–H and O–H groups in total. The van der Waals surface area contributed by atoms with E-state index in [4.69, 9.17) is 23.2 Å². The maximum atomic E-state index is 12.2. The van der Waals surface area contributed by atoms with Crippen molar-refractivity contribution in [1.29, 1.82) is 0 Å². The summed E-state index contributed by atoms with van der Waals surface area (Å²) < 4.78 is 0. The summed E-state index contributed by atoms with van der Waals surface area (Å²) in [5.41, 5.74) is 1.68. The molecule has 0 spiro atoms. The first-order valence-corrected chi connectivity index (χ1v) is 10.1. The average molecular weight is 447 g/mol. The van der Waals surface area contributed by atoms with Crippen LogP contribution in [0.3, 0.4) is 0 Å². The predicted molar refractivity (Wildman–Crippen MR) is 116 cm³/mol. The highest BCUT2D eigenvalue weighted by Crippen LogP contribution is 2.31. The first kappa shape index (κ1) is 21.0. The quantitative estimate of drug-likeness (QED) is 0.424. The molecule has 0 aliphatic carbocycles. The van der Waals surface area contributed by atoms with Crippen molar-refractivity contribution in [2.75, 3.05) is 5.32 Å². The lowest BCUT2D eigenvalue weighted by Gasteiger charge is -2.05. The summed E-state index contributed by atoms with van der Waals surface area (Å²) in [6, 6.07) is 14.7. The maximum absolute atomic E-state index is 12.2. The van der Waals surface area contributed by atoms with Gasteiger partial charge in [-0.15, -0.1) is 5.11 Å². The molecule has 148 valence electrons. The third kappa shape index (κ3) is 6.39. The van der Waals surface area contributed by atoms with Crippen LogP contribution in [0.15, 0.2) is 71.0 Å². The van der Waals surface area contributed by atoms with Crippen LogP contribution < -0.4 is 5.32 Å². The zero-order chi connectivity index (χ0) is 20.6. The van der Waals surface area contributed by atoms with Crippen LogP contribution in [-0.2, 0) is 17.6 Å². The fourth-order valence-corrected chi connectivity index (χ4v) is 3.43. The van der Waals surface area contributed by atoms with Gasteiger partial charge in [0.2, 0.25) is 16.9 Å². The second kappa shape index (κ2) is 10.2. The van der Waals surface area contributed by atoms with Gasteiger partial charge in [-0.3, -0.25) is 4.79 Å². The van der Waals surface area contributed by atoms with Crippen molar-refractivity contribution in [3.63, 3.8) is 0 Å². The lowest BCUT2D eigenvalue weighted by Crippen LogP contribution is -2.13. The number of halogens is 2. The standard InChI is InChI=1S/C20H16Cl2N4O2S/c21-15-9-8-14(11-16(15)22)24-18(27)12-17-19(28)25-20(29-17)26-23-10-4-7-13-5-2-1-3-6-13/h1-6,8-11,28H,7,12H2,(H,24,27)/b10-4+,26-23?. The Balaban J connectivity index is 1.55.